The first-order valence-electron chi connectivity index (χ1n) is 9.66. The maximum Gasteiger partial charge on any atom is 0.327 e. The van der Waals surface area contributed by atoms with Gasteiger partial charge in [0.15, 0.2) is 0 Å². The second-order valence-corrected chi connectivity index (χ2v) is 7.22. The number of nitrogens with zero attached hydrogens (tertiary/aromatic N) is 3. The molecule has 8 heteroatoms. The summed E-state index contributed by atoms with van der Waals surface area (Å²) in [6.07, 6.45) is 0. The summed E-state index contributed by atoms with van der Waals surface area (Å²) in [5.41, 5.74) is 5.14. The first kappa shape index (κ1) is 19.7. The molecule has 4 rings (SSSR count). The van der Waals surface area contributed by atoms with Crippen molar-refractivity contribution in [3.05, 3.63) is 70.9 Å². The smallest absolute Gasteiger partial charge is 0.327 e. The maximum atomic E-state index is 13.1. The number of imide groups is 1. The van der Waals surface area contributed by atoms with Crippen LogP contribution in [0.2, 0.25) is 0 Å². The summed E-state index contributed by atoms with van der Waals surface area (Å²) in [5, 5.41) is 9.60. The van der Waals surface area contributed by atoms with Crippen LogP contribution in [0.1, 0.15) is 38.9 Å². The predicted molar refractivity (Wildman–Crippen MR) is 110 cm³/mol. The lowest BCUT2D eigenvalue weighted by atomic mass is 10.1. The fourth-order valence-corrected chi connectivity index (χ4v) is 3.91. The van der Waals surface area contributed by atoms with Crippen molar-refractivity contribution in [2.24, 2.45) is 0 Å². The van der Waals surface area contributed by atoms with E-state index in [1.807, 2.05) is 31.2 Å². The first-order valence-corrected chi connectivity index (χ1v) is 9.66. The lowest BCUT2D eigenvalue weighted by molar-refractivity contribution is 0.0706. The van der Waals surface area contributed by atoms with Gasteiger partial charge in [-0.1, -0.05) is 30.3 Å². The fourth-order valence-electron chi connectivity index (χ4n) is 3.91. The van der Waals surface area contributed by atoms with Gasteiger partial charge in [-0.05, 0) is 30.7 Å². The molecule has 1 aliphatic heterocycles. The number of hydroxylamine groups is 1. The Kier molecular flexibility index (Phi) is 5.01. The summed E-state index contributed by atoms with van der Waals surface area (Å²) in [7, 11) is 1.51. The third kappa shape index (κ3) is 3.11. The Bertz CT molecular complexity index is 1150. The monoisotopic (exact) mass is 406 g/mol. The molecule has 0 unspecified atom stereocenters. The number of carbonyl (C=O) groups is 3. The molecule has 0 bridgehead atoms. The van der Waals surface area contributed by atoms with Crippen LogP contribution in [0.4, 0.5) is 4.79 Å². The summed E-state index contributed by atoms with van der Waals surface area (Å²) in [4.78, 5) is 40.2. The van der Waals surface area contributed by atoms with Gasteiger partial charge in [-0.15, -0.1) is 0 Å². The van der Waals surface area contributed by atoms with Crippen molar-refractivity contribution < 1.29 is 19.6 Å². The molecule has 0 aliphatic carbocycles. The number of benzene rings is 2. The molecule has 2 N–H and O–H groups in total. The quantitative estimate of drug-likeness (QED) is 0.515. The number of rotatable bonds is 4. The second-order valence-electron chi connectivity index (χ2n) is 7.22. The minimum atomic E-state index is -0.576. The zero-order chi connectivity index (χ0) is 21.4. The molecule has 0 spiro atoms. The summed E-state index contributed by atoms with van der Waals surface area (Å²) in [6, 6.07) is 14.2. The van der Waals surface area contributed by atoms with E-state index in [9.17, 15) is 14.4 Å². The molecule has 2 heterocycles. The van der Waals surface area contributed by atoms with Crippen LogP contribution in [0.5, 0.6) is 0 Å². The van der Waals surface area contributed by atoms with Crippen molar-refractivity contribution in [1.29, 1.82) is 0 Å². The number of amides is 4. The first-order chi connectivity index (χ1) is 14.5. The van der Waals surface area contributed by atoms with Crippen LogP contribution in [0.25, 0.3) is 10.9 Å². The zero-order valence-electron chi connectivity index (χ0n) is 16.8. The van der Waals surface area contributed by atoms with Gasteiger partial charge in [-0.2, -0.15) is 0 Å². The molecule has 0 saturated carbocycles. The Morgan fingerprint density at radius 1 is 1.10 bits per heavy atom. The summed E-state index contributed by atoms with van der Waals surface area (Å²) in [5.74, 6) is -0.886. The van der Waals surface area contributed by atoms with Gasteiger partial charge in [0, 0.05) is 36.6 Å². The summed E-state index contributed by atoms with van der Waals surface area (Å²) in [6.45, 7) is 3.18. The molecule has 0 saturated heterocycles. The standard InChI is InChI=1S/C22H22N4O4/c1-3-25-13-18-19(21(28)24(2)22(25)29)16-6-4-5-7-17(16)26(18)12-14-8-10-15(11-9-14)20(27)23-30/h4-11,30H,3,12-13H2,1-2H3,(H,23,27). The van der Waals surface area contributed by atoms with E-state index in [1.165, 1.54) is 11.9 Å². The van der Waals surface area contributed by atoms with Gasteiger partial charge in [0.05, 0.1) is 17.8 Å². The number of hydrogen-bond acceptors (Lipinski definition) is 4. The molecule has 30 heavy (non-hydrogen) atoms. The lowest BCUT2D eigenvalue weighted by Gasteiger charge is -2.23. The van der Waals surface area contributed by atoms with Crippen LogP contribution < -0.4 is 5.48 Å². The van der Waals surface area contributed by atoms with Crippen molar-refractivity contribution in [3.8, 4) is 0 Å². The van der Waals surface area contributed by atoms with E-state index in [-0.39, 0.29) is 11.9 Å². The zero-order valence-corrected chi connectivity index (χ0v) is 16.8. The van der Waals surface area contributed by atoms with E-state index in [0.717, 1.165) is 22.2 Å². The van der Waals surface area contributed by atoms with Gasteiger partial charge >= 0.3 is 6.03 Å². The lowest BCUT2D eigenvalue weighted by Crippen LogP contribution is -2.41. The Morgan fingerprint density at radius 2 is 1.80 bits per heavy atom. The summed E-state index contributed by atoms with van der Waals surface area (Å²) >= 11 is 0. The summed E-state index contributed by atoms with van der Waals surface area (Å²) < 4.78 is 2.05. The Morgan fingerprint density at radius 3 is 2.47 bits per heavy atom. The molecule has 1 aliphatic rings. The highest BCUT2D eigenvalue weighted by atomic mass is 16.5. The van der Waals surface area contributed by atoms with E-state index in [2.05, 4.69) is 4.57 Å². The average molecular weight is 406 g/mol. The Balaban J connectivity index is 1.84. The molecule has 154 valence electrons. The van der Waals surface area contributed by atoms with Crippen LogP contribution >= 0.6 is 0 Å². The van der Waals surface area contributed by atoms with Gasteiger partial charge in [0.2, 0.25) is 0 Å². The number of fused-ring (bicyclic) bond motifs is 3. The van der Waals surface area contributed by atoms with Gasteiger partial charge in [0.25, 0.3) is 11.8 Å². The highest BCUT2D eigenvalue weighted by Gasteiger charge is 2.34. The molecule has 0 radical (unpaired) electrons. The number of hydrogen-bond donors (Lipinski definition) is 2. The average Bonchev–Trinajstić information content (AvgIpc) is 3.04. The highest BCUT2D eigenvalue weighted by molar-refractivity contribution is 6.14. The van der Waals surface area contributed by atoms with E-state index in [1.54, 1.807) is 34.6 Å². The highest BCUT2D eigenvalue weighted by Crippen LogP contribution is 2.31. The maximum absolute atomic E-state index is 13.1. The largest absolute Gasteiger partial charge is 0.338 e. The van der Waals surface area contributed by atoms with Gasteiger partial charge < -0.3 is 9.47 Å². The SMILES string of the molecule is CCN1Cc2c(c3ccccc3n2Cc2ccc(C(=O)NO)cc2)C(=O)N(C)C1=O. The number of carbonyl (C=O) groups excluding carboxylic acids is 3. The van der Waals surface area contributed by atoms with Crippen LogP contribution in [0.3, 0.4) is 0 Å². The topological polar surface area (TPSA) is 94.9 Å². The number of urea groups is 1. The molecule has 0 fully saturated rings. The van der Waals surface area contributed by atoms with Gasteiger partial charge in [-0.25, -0.2) is 10.3 Å². The fraction of sp³-hybridized carbons (Fsp3) is 0.227. The minimum absolute atomic E-state index is 0.309. The molecule has 0 atom stereocenters. The van der Waals surface area contributed by atoms with Crippen LogP contribution in [0, 0.1) is 0 Å². The third-order valence-corrected chi connectivity index (χ3v) is 5.54. The Labute approximate surface area is 173 Å². The Hall–Kier alpha value is -3.65. The molecule has 2 aromatic carbocycles. The van der Waals surface area contributed by atoms with E-state index >= 15 is 0 Å². The number of para-hydroxylation sites is 1. The molecular formula is C22H22N4O4. The van der Waals surface area contributed by atoms with Crippen molar-refractivity contribution in [2.45, 2.75) is 20.0 Å². The minimum Gasteiger partial charge on any atom is -0.338 e. The predicted octanol–water partition coefficient (Wildman–Crippen LogP) is 2.84. The van der Waals surface area contributed by atoms with Crippen LogP contribution in [0.15, 0.2) is 48.5 Å². The number of nitrogens with one attached hydrogen (secondary N) is 1. The molecule has 4 amide bonds. The van der Waals surface area contributed by atoms with Gasteiger partial charge in [-0.3, -0.25) is 19.7 Å². The molecule has 1 aromatic heterocycles. The second kappa shape index (κ2) is 7.64. The normalized spacial score (nSPS) is 14.1. The molecule has 8 nitrogen and oxygen atoms in total. The van der Waals surface area contributed by atoms with Crippen molar-refractivity contribution in [3.63, 3.8) is 0 Å². The van der Waals surface area contributed by atoms with E-state index < -0.39 is 5.91 Å². The van der Waals surface area contributed by atoms with Crippen LogP contribution in [-0.2, 0) is 13.1 Å². The van der Waals surface area contributed by atoms with Crippen molar-refractivity contribution >= 4 is 28.7 Å². The number of aromatic nitrogens is 1. The van der Waals surface area contributed by atoms with Crippen LogP contribution in [-0.4, -0.2) is 51.0 Å². The third-order valence-electron chi connectivity index (χ3n) is 5.54. The molecule has 3 aromatic rings. The van der Waals surface area contributed by atoms with E-state index in [0.29, 0.717) is 30.8 Å². The van der Waals surface area contributed by atoms with Crippen molar-refractivity contribution in [1.82, 2.24) is 19.8 Å². The van der Waals surface area contributed by atoms with Gasteiger partial charge in [0.1, 0.15) is 0 Å². The van der Waals surface area contributed by atoms with E-state index in [4.69, 9.17) is 5.21 Å². The van der Waals surface area contributed by atoms with Crippen molar-refractivity contribution in [2.75, 3.05) is 13.6 Å². The molecular weight excluding hydrogens is 384 g/mol.